The van der Waals surface area contributed by atoms with Gasteiger partial charge >= 0.3 is 0 Å². The number of ether oxygens (including phenoxy) is 1. The van der Waals surface area contributed by atoms with Gasteiger partial charge in [0.2, 0.25) is 5.78 Å². The van der Waals surface area contributed by atoms with E-state index in [1.807, 2.05) is 13.0 Å². The zero-order valence-corrected chi connectivity index (χ0v) is 10.1. The number of nitrogens with zero attached hydrogens (tertiary/aromatic N) is 2. The highest BCUT2D eigenvalue weighted by atomic mass is 16.5. The Morgan fingerprint density at radius 1 is 1.41 bits per heavy atom. The summed E-state index contributed by atoms with van der Waals surface area (Å²) in [5.74, 6) is 1.12. The Labute approximate surface area is 99.9 Å². The molecule has 1 aromatic carbocycles. The third-order valence-electron chi connectivity index (χ3n) is 2.70. The minimum absolute atomic E-state index is 0.0716. The molecule has 0 spiro atoms. The number of carbonyl (C=O) groups is 1. The fourth-order valence-corrected chi connectivity index (χ4v) is 1.72. The summed E-state index contributed by atoms with van der Waals surface area (Å²) in [6.45, 7) is 1.89. The van der Waals surface area contributed by atoms with Crippen molar-refractivity contribution in [3.63, 3.8) is 0 Å². The molecule has 1 heterocycles. The van der Waals surface area contributed by atoms with Crippen molar-refractivity contribution >= 4 is 5.78 Å². The third-order valence-corrected chi connectivity index (χ3v) is 2.70. The molecule has 0 fully saturated rings. The highest BCUT2D eigenvalue weighted by molar-refractivity contribution is 6.07. The summed E-state index contributed by atoms with van der Waals surface area (Å²) in [6, 6.07) is 5.39. The lowest BCUT2D eigenvalue weighted by atomic mass is 10.0. The van der Waals surface area contributed by atoms with Gasteiger partial charge in [0.1, 0.15) is 5.75 Å². The van der Waals surface area contributed by atoms with Crippen molar-refractivity contribution in [3.05, 3.63) is 47.5 Å². The SMILES string of the molecule is COc1ccc(C(=O)c2nccn2C)c(C)c1. The van der Waals surface area contributed by atoms with E-state index in [0.29, 0.717) is 11.4 Å². The summed E-state index contributed by atoms with van der Waals surface area (Å²) in [5.41, 5.74) is 1.54. The van der Waals surface area contributed by atoms with E-state index >= 15 is 0 Å². The number of imidazole rings is 1. The number of aryl methyl sites for hydroxylation is 2. The number of hydrogen-bond acceptors (Lipinski definition) is 3. The van der Waals surface area contributed by atoms with Crippen molar-refractivity contribution in [2.24, 2.45) is 7.05 Å². The van der Waals surface area contributed by atoms with Crippen LogP contribution in [-0.4, -0.2) is 22.4 Å². The Balaban J connectivity index is 2.41. The van der Waals surface area contributed by atoms with Crippen molar-refractivity contribution in [1.29, 1.82) is 0 Å². The smallest absolute Gasteiger partial charge is 0.228 e. The average molecular weight is 230 g/mol. The maximum atomic E-state index is 12.2. The first kappa shape index (κ1) is 11.4. The molecule has 88 valence electrons. The molecule has 4 heteroatoms. The number of ketones is 1. The van der Waals surface area contributed by atoms with Crippen LogP contribution in [0.1, 0.15) is 21.7 Å². The predicted octanol–water partition coefficient (Wildman–Crippen LogP) is 1.97. The second kappa shape index (κ2) is 4.41. The summed E-state index contributed by atoms with van der Waals surface area (Å²) in [5, 5.41) is 0. The van der Waals surface area contributed by atoms with Crippen LogP contribution in [0.2, 0.25) is 0 Å². The van der Waals surface area contributed by atoms with Crippen LogP contribution in [0.4, 0.5) is 0 Å². The fraction of sp³-hybridized carbons (Fsp3) is 0.231. The standard InChI is InChI=1S/C13H14N2O2/c1-9-8-10(17-3)4-5-11(9)12(16)13-14-6-7-15(13)2/h4-8H,1-3H3. The quantitative estimate of drug-likeness (QED) is 0.757. The van der Waals surface area contributed by atoms with Gasteiger partial charge in [-0.2, -0.15) is 0 Å². The van der Waals surface area contributed by atoms with Gasteiger partial charge in [-0.3, -0.25) is 4.79 Å². The zero-order valence-electron chi connectivity index (χ0n) is 10.1. The molecular weight excluding hydrogens is 216 g/mol. The maximum absolute atomic E-state index is 12.2. The minimum Gasteiger partial charge on any atom is -0.497 e. The van der Waals surface area contributed by atoms with Crippen molar-refractivity contribution in [3.8, 4) is 5.75 Å². The van der Waals surface area contributed by atoms with E-state index in [2.05, 4.69) is 4.98 Å². The Morgan fingerprint density at radius 3 is 2.71 bits per heavy atom. The fourth-order valence-electron chi connectivity index (χ4n) is 1.72. The number of benzene rings is 1. The first-order chi connectivity index (χ1) is 8.13. The van der Waals surface area contributed by atoms with Crippen molar-refractivity contribution in [2.75, 3.05) is 7.11 Å². The van der Waals surface area contributed by atoms with E-state index in [4.69, 9.17) is 4.74 Å². The predicted molar refractivity (Wildman–Crippen MR) is 64.4 cm³/mol. The largest absolute Gasteiger partial charge is 0.497 e. The molecule has 0 saturated heterocycles. The Hall–Kier alpha value is -2.10. The molecule has 4 nitrogen and oxygen atoms in total. The lowest BCUT2D eigenvalue weighted by Crippen LogP contribution is -2.10. The maximum Gasteiger partial charge on any atom is 0.228 e. The minimum atomic E-state index is -0.0716. The molecule has 0 aliphatic carbocycles. The number of rotatable bonds is 3. The Bertz CT molecular complexity index is 558. The van der Waals surface area contributed by atoms with E-state index in [9.17, 15) is 4.79 Å². The van der Waals surface area contributed by atoms with Crippen LogP contribution in [0.25, 0.3) is 0 Å². The van der Waals surface area contributed by atoms with Crippen LogP contribution >= 0.6 is 0 Å². The first-order valence-electron chi connectivity index (χ1n) is 5.30. The average Bonchev–Trinajstić information content (AvgIpc) is 2.74. The number of aromatic nitrogens is 2. The summed E-state index contributed by atoms with van der Waals surface area (Å²) >= 11 is 0. The van der Waals surface area contributed by atoms with Gasteiger partial charge in [0.15, 0.2) is 5.82 Å². The van der Waals surface area contributed by atoms with Gasteiger partial charge in [0, 0.05) is 25.0 Å². The van der Waals surface area contributed by atoms with Gasteiger partial charge in [-0.15, -0.1) is 0 Å². The molecule has 0 aliphatic rings. The van der Waals surface area contributed by atoms with Crippen LogP contribution in [0.3, 0.4) is 0 Å². The van der Waals surface area contributed by atoms with Crippen molar-refractivity contribution < 1.29 is 9.53 Å². The highest BCUT2D eigenvalue weighted by Crippen LogP contribution is 2.19. The monoisotopic (exact) mass is 230 g/mol. The summed E-state index contributed by atoms with van der Waals surface area (Å²) in [4.78, 5) is 16.3. The molecule has 0 aliphatic heterocycles. The van der Waals surface area contributed by atoms with E-state index in [1.165, 1.54) is 0 Å². The van der Waals surface area contributed by atoms with Gasteiger partial charge < -0.3 is 9.30 Å². The topological polar surface area (TPSA) is 44.1 Å². The number of carbonyl (C=O) groups excluding carboxylic acids is 1. The van der Waals surface area contributed by atoms with Gasteiger partial charge in [0.05, 0.1) is 7.11 Å². The second-order valence-corrected chi connectivity index (χ2v) is 3.87. The van der Waals surface area contributed by atoms with Crippen LogP contribution in [0, 0.1) is 6.92 Å². The van der Waals surface area contributed by atoms with E-state index < -0.39 is 0 Å². The molecule has 0 bridgehead atoms. The van der Waals surface area contributed by atoms with Gasteiger partial charge in [-0.05, 0) is 30.7 Å². The molecule has 0 saturated carbocycles. The highest BCUT2D eigenvalue weighted by Gasteiger charge is 2.15. The van der Waals surface area contributed by atoms with Crippen molar-refractivity contribution in [2.45, 2.75) is 6.92 Å². The summed E-state index contributed by atoms with van der Waals surface area (Å²) in [6.07, 6.45) is 3.37. The molecule has 0 unspecified atom stereocenters. The first-order valence-corrected chi connectivity index (χ1v) is 5.30. The molecule has 0 amide bonds. The number of hydrogen-bond donors (Lipinski definition) is 0. The van der Waals surface area contributed by atoms with Crippen molar-refractivity contribution in [1.82, 2.24) is 9.55 Å². The Kier molecular flexibility index (Phi) is 2.95. The molecule has 17 heavy (non-hydrogen) atoms. The second-order valence-electron chi connectivity index (χ2n) is 3.87. The zero-order chi connectivity index (χ0) is 12.4. The van der Waals surface area contributed by atoms with E-state index in [-0.39, 0.29) is 5.78 Å². The lowest BCUT2D eigenvalue weighted by molar-refractivity contribution is 0.102. The Morgan fingerprint density at radius 2 is 2.18 bits per heavy atom. The summed E-state index contributed by atoms with van der Waals surface area (Å²) in [7, 11) is 3.41. The lowest BCUT2D eigenvalue weighted by Gasteiger charge is -2.07. The molecule has 1 aromatic heterocycles. The van der Waals surface area contributed by atoms with E-state index in [0.717, 1.165) is 11.3 Å². The van der Waals surface area contributed by atoms with Crippen LogP contribution in [0.15, 0.2) is 30.6 Å². The van der Waals surface area contributed by atoms with Crippen LogP contribution < -0.4 is 4.74 Å². The molecule has 0 radical (unpaired) electrons. The molecular formula is C13H14N2O2. The third kappa shape index (κ3) is 2.06. The van der Waals surface area contributed by atoms with Crippen LogP contribution in [-0.2, 0) is 7.05 Å². The van der Waals surface area contributed by atoms with Gasteiger partial charge in [-0.25, -0.2) is 4.98 Å². The summed E-state index contributed by atoms with van der Waals surface area (Å²) < 4.78 is 6.83. The normalized spacial score (nSPS) is 10.3. The van der Waals surface area contributed by atoms with Crippen LogP contribution in [0.5, 0.6) is 5.75 Å². The van der Waals surface area contributed by atoms with Gasteiger partial charge in [-0.1, -0.05) is 0 Å². The molecule has 0 atom stereocenters. The van der Waals surface area contributed by atoms with Gasteiger partial charge in [0.25, 0.3) is 0 Å². The molecule has 2 aromatic rings. The molecule has 0 N–H and O–H groups in total. The van der Waals surface area contributed by atoms with E-state index in [1.54, 1.807) is 43.3 Å². The molecule has 2 rings (SSSR count). The number of methoxy groups -OCH3 is 1.